The number of aromatic nitrogens is 2. The molecule has 8 nitrogen and oxygen atoms in total. The first kappa shape index (κ1) is 22.6. The number of hydrogen-bond donors (Lipinski definition) is 1. The van der Waals surface area contributed by atoms with Gasteiger partial charge in [0, 0.05) is 28.9 Å². The van der Waals surface area contributed by atoms with E-state index >= 15 is 0 Å². The van der Waals surface area contributed by atoms with Crippen LogP contribution in [-0.4, -0.2) is 75.8 Å². The minimum Gasteiger partial charge on any atom is -0.367 e. The summed E-state index contributed by atoms with van der Waals surface area (Å²) in [5.74, 6) is -0.305. The molecule has 4 heterocycles. The van der Waals surface area contributed by atoms with Gasteiger partial charge in [-0.05, 0) is 31.0 Å². The Morgan fingerprint density at radius 3 is 2.91 bits per heavy atom. The number of alkyl halides is 1. The van der Waals surface area contributed by atoms with Crippen molar-refractivity contribution in [1.29, 1.82) is 0 Å². The second-order valence-electron chi connectivity index (χ2n) is 8.85. The first-order valence-electron chi connectivity index (χ1n) is 11.2. The standard InChI is InChI=1S/C23H25ClN4O4S/c24-15-10-28(21-18(30)12-32-22(15)21)17-4-2-1-3-14(17)16(11-29)27-23(31)20-6-5-19(33-20)13-7-8-25-26-9-13/h5-9,11,14-17,21-22H,1-4,10,12H2,(H,27,31)/t14?,15-,16?,17-,21+,22+/m0/s1. The van der Waals surface area contributed by atoms with Crippen molar-refractivity contribution in [3.63, 3.8) is 0 Å². The summed E-state index contributed by atoms with van der Waals surface area (Å²) in [5.41, 5.74) is 0.885. The molecular formula is C23H25ClN4O4S. The first-order chi connectivity index (χ1) is 16.1. The third-order valence-corrected chi connectivity index (χ3v) is 8.49. The van der Waals surface area contributed by atoms with Gasteiger partial charge in [0.1, 0.15) is 12.9 Å². The van der Waals surface area contributed by atoms with Gasteiger partial charge in [0.2, 0.25) is 0 Å². The Hall–Kier alpha value is -2.20. The molecule has 1 aliphatic carbocycles. The van der Waals surface area contributed by atoms with Crippen LogP contribution >= 0.6 is 22.9 Å². The number of carbonyl (C=O) groups is 3. The molecule has 33 heavy (non-hydrogen) atoms. The van der Waals surface area contributed by atoms with E-state index in [0.29, 0.717) is 11.4 Å². The van der Waals surface area contributed by atoms with Gasteiger partial charge in [-0.1, -0.05) is 12.8 Å². The van der Waals surface area contributed by atoms with Gasteiger partial charge in [-0.25, -0.2) is 0 Å². The maximum Gasteiger partial charge on any atom is 0.261 e. The number of halogens is 1. The molecule has 2 aliphatic heterocycles. The Morgan fingerprint density at radius 2 is 2.12 bits per heavy atom. The summed E-state index contributed by atoms with van der Waals surface area (Å²) in [6.45, 7) is 0.644. The van der Waals surface area contributed by atoms with Crippen LogP contribution in [0.3, 0.4) is 0 Å². The second-order valence-corrected chi connectivity index (χ2v) is 10.5. The minimum absolute atomic E-state index is 0.00191. The molecule has 0 spiro atoms. The second kappa shape index (κ2) is 9.58. The number of Topliss-reactive ketones (excluding diaryl/α,β-unsaturated/α-hetero) is 1. The number of likely N-dealkylation sites (tertiary alicyclic amines) is 1. The highest BCUT2D eigenvalue weighted by Gasteiger charge is 2.53. The molecule has 0 bridgehead atoms. The van der Waals surface area contributed by atoms with Gasteiger partial charge in [0.25, 0.3) is 5.91 Å². The highest BCUT2D eigenvalue weighted by atomic mass is 35.5. The molecular weight excluding hydrogens is 464 g/mol. The van der Waals surface area contributed by atoms with Crippen LogP contribution in [0.5, 0.6) is 0 Å². The number of rotatable bonds is 6. The number of fused-ring (bicyclic) bond motifs is 1. The quantitative estimate of drug-likeness (QED) is 0.491. The maximum absolute atomic E-state index is 13.0. The third kappa shape index (κ3) is 4.35. The van der Waals surface area contributed by atoms with Crippen molar-refractivity contribution in [3.8, 4) is 10.4 Å². The average molecular weight is 489 g/mol. The SMILES string of the molecule is O=CC(NC(=O)c1ccc(-c2ccnnc2)s1)C1CCCC[C@@H]1N1C[C@H](Cl)[C@H]2OCC(=O)[C@H]21. The van der Waals surface area contributed by atoms with Gasteiger partial charge in [-0.2, -0.15) is 10.2 Å². The van der Waals surface area contributed by atoms with E-state index in [9.17, 15) is 14.4 Å². The molecule has 2 aromatic rings. The normalized spacial score (nSPS) is 30.7. The predicted molar refractivity (Wildman–Crippen MR) is 123 cm³/mol. The summed E-state index contributed by atoms with van der Waals surface area (Å²) in [5, 5.41) is 10.4. The number of thiophene rings is 1. The summed E-state index contributed by atoms with van der Waals surface area (Å²) in [4.78, 5) is 41.3. The number of ketones is 1. The van der Waals surface area contributed by atoms with Crippen LogP contribution in [0, 0.1) is 5.92 Å². The molecule has 1 saturated carbocycles. The molecule has 3 aliphatic rings. The average Bonchev–Trinajstić information content (AvgIpc) is 3.56. The monoisotopic (exact) mass is 488 g/mol. The molecule has 2 saturated heterocycles. The lowest BCUT2D eigenvalue weighted by Crippen LogP contribution is -2.55. The number of aldehydes is 1. The van der Waals surface area contributed by atoms with E-state index in [4.69, 9.17) is 16.3 Å². The van der Waals surface area contributed by atoms with Crippen molar-refractivity contribution in [1.82, 2.24) is 20.4 Å². The van der Waals surface area contributed by atoms with Gasteiger partial charge in [-0.15, -0.1) is 22.9 Å². The van der Waals surface area contributed by atoms with Crippen LogP contribution in [0.2, 0.25) is 0 Å². The van der Waals surface area contributed by atoms with Gasteiger partial charge in [0.15, 0.2) is 5.78 Å². The molecule has 1 amide bonds. The first-order valence-corrected chi connectivity index (χ1v) is 12.5. The molecule has 0 radical (unpaired) electrons. The number of amides is 1. The lowest BCUT2D eigenvalue weighted by atomic mass is 9.78. The summed E-state index contributed by atoms with van der Waals surface area (Å²) in [7, 11) is 0. The van der Waals surface area contributed by atoms with Crippen LogP contribution in [-0.2, 0) is 14.3 Å². The van der Waals surface area contributed by atoms with Crippen LogP contribution < -0.4 is 5.32 Å². The van der Waals surface area contributed by atoms with Crippen molar-refractivity contribution in [2.75, 3.05) is 13.2 Å². The molecule has 174 valence electrons. The summed E-state index contributed by atoms with van der Waals surface area (Å²) in [6.07, 6.45) is 7.47. The van der Waals surface area contributed by atoms with E-state index in [1.54, 1.807) is 18.5 Å². The predicted octanol–water partition coefficient (Wildman–Crippen LogP) is 2.32. The van der Waals surface area contributed by atoms with Crippen LogP contribution in [0.1, 0.15) is 35.4 Å². The largest absolute Gasteiger partial charge is 0.367 e. The molecule has 0 aromatic carbocycles. The fraction of sp³-hybridized carbons (Fsp3) is 0.522. The van der Waals surface area contributed by atoms with E-state index in [0.717, 1.165) is 42.4 Å². The van der Waals surface area contributed by atoms with Gasteiger partial charge in [-0.3, -0.25) is 14.5 Å². The molecule has 1 N–H and O–H groups in total. The summed E-state index contributed by atoms with van der Waals surface area (Å²) >= 11 is 7.85. The topological polar surface area (TPSA) is 101 Å². The fourth-order valence-electron chi connectivity index (χ4n) is 5.46. The van der Waals surface area contributed by atoms with E-state index < -0.39 is 6.04 Å². The molecule has 3 fully saturated rings. The zero-order valence-corrected chi connectivity index (χ0v) is 19.5. The smallest absolute Gasteiger partial charge is 0.261 e. The highest BCUT2D eigenvalue weighted by Crippen LogP contribution is 2.39. The number of ether oxygens (including phenoxy) is 1. The van der Waals surface area contributed by atoms with E-state index in [2.05, 4.69) is 20.4 Å². The number of nitrogens with zero attached hydrogens (tertiary/aromatic N) is 3. The van der Waals surface area contributed by atoms with Crippen molar-refractivity contribution >= 4 is 40.9 Å². The van der Waals surface area contributed by atoms with Gasteiger partial charge >= 0.3 is 0 Å². The Balaban J connectivity index is 1.32. The van der Waals surface area contributed by atoms with Crippen molar-refractivity contribution < 1.29 is 19.1 Å². The minimum atomic E-state index is -0.638. The van der Waals surface area contributed by atoms with E-state index in [1.807, 2.05) is 12.1 Å². The van der Waals surface area contributed by atoms with E-state index in [1.165, 1.54) is 11.3 Å². The number of carbonyl (C=O) groups excluding carboxylic acids is 3. The van der Waals surface area contributed by atoms with Gasteiger partial charge in [0.05, 0.1) is 40.8 Å². The Kier molecular flexibility index (Phi) is 6.56. The summed E-state index contributed by atoms with van der Waals surface area (Å²) in [6, 6.07) is 4.47. The molecule has 10 heteroatoms. The van der Waals surface area contributed by atoms with Gasteiger partial charge < -0.3 is 14.8 Å². The van der Waals surface area contributed by atoms with Crippen molar-refractivity contribution in [2.24, 2.45) is 5.92 Å². The van der Waals surface area contributed by atoms with Crippen LogP contribution in [0.25, 0.3) is 10.4 Å². The lowest BCUT2D eigenvalue weighted by Gasteiger charge is -2.42. The molecule has 2 unspecified atom stereocenters. The summed E-state index contributed by atoms with van der Waals surface area (Å²) < 4.78 is 5.64. The number of hydrogen-bond acceptors (Lipinski definition) is 8. The zero-order valence-electron chi connectivity index (χ0n) is 17.9. The Labute approximate surface area is 200 Å². The third-order valence-electron chi connectivity index (χ3n) is 6.97. The maximum atomic E-state index is 13.0. The Bertz CT molecular complexity index is 1030. The Morgan fingerprint density at radius 1 is 1.27 bits per heavy atom. The molecule has 6 atom stereocenters. The van der Waals surface area contributed by atoms with Crippen molar-refractivity contribution in [3.05, 3.63) is 35.5 Å². The number of nitrogens with one attached hydrogen (secondary N) is 1. The fourth-order valence-corrected chi connectivity index (χ4v) is 6.73. The molecule has 5 rings (SSSR count). The highest BCUT2D eigenvalue weighted by molar-refractivity contribution is 7.17. The van der Waals surface area contributed by atoms with Crippen LogP contribution in [0.4, 0.5) is 0 Å². The van der Waals surface area contributed by atoms with Crippen molar-refractivity contribution in [2.45, 2.75) is 55.3 Å². The lowest BCUT2D eigenvalue weighted by molar-refractivity contribution is -0.122. The van der Waals surface area contributed by atoms with Crippen LogP contribution in [0.15, 0.2) is 30.6 Å². The molecule has 2 aromatic heterocycles. The van der Waals surface area contributed by atoms with E-state index in [-0.39, 0.29) is 47.8 Å². The zero-order chi connectivity index (χ0) is 22.9.